The van der Waals surface area contributed by atoms with Crippen molar-refractivity contribution in [1.29, 1.82) is 0 Å². The third-order valence-electron chi connectivity index (χ3n) is 3.47. The van der Waals surface area contributed by atoms with Gasteiger partial charge in [0.15, 0.2) is 0 Å². The van der Waals surface area contributed by atoms with Crippen molar-refractivity contribution in [3.8, 4) is 0 Å². The fraction of sp³-hybridized carbons (Fsp3) is 0.462. The number of aliphatic hydroxyl groups excluding tert-OH is 1. The smallest absolute Gasteiger partial charge is 0.106 e. The first-order chi connectivity index (χ1) is 8.49. The van der Waals surface area contributed by atoms with E-state index in [4.69, 9.17) is 18.0 Å². The normalized spacial score (nSPS) is 21.1. The fourth-order valence-electron chi connectivity index (χ4n) is 2.37. The molecule has 2 unspecified atom stereocenters. The Balaban J connectivity index is 2.28. The number of nitrogens with zero attached hydrogens (tertiary/aromatic N) is 1. The van der Waals surface area contributed by atoms with Gasteiger partial charge in [0.25, 0.3) is 0 Å². The summed E-state index contributed by atoms with van der Waals surface area (Å²) in [5.74, 6) is 0.322. The number of anilines is 1. The lowest BCUT2D eigenvalue weighted by molar-refractivity contribution is 0.136. The number of thiocarbonyl (C=S) groups is 1. The lowest BCUT2D eigenvalue weighted by Gasteiger charge is -2.22. The number of benzene rings is 1. The maximum Gasteiger partial charge on any atom is 0.106 e. The van der Waals surface area contributed by atoms with E-state index in [9.17, 15) is 5.11 Å². The number of hydrogen-bond acceptors (Lipinski definition) is 3. The summed E-state index contributed by atoms with van der Waals surface area (Å²) in [7, 11) is 0. The van der Waals surface area contributed by atoms with E-state index in [1.54, 1.807) is 0 Å². The van der Waals surface area contributed by atoms with Gasteiger partial charge in [-0.25, -0.2) is 0 Å². The summed E-state index contributed by atoms with van der Waals surface area (Å²) in [6.07, 6.45) is 0.733. The van der Waals surface area contributed by atoms with Crippen LogP contribution in [0.15, 0.2) is 22.7 Å². The van der Waals surface area contributed by atoms with Gasteiger partial charge in [-0.15, -0.1) is 0 Å². The number of halogens is 1. The number of aliphatic hydroxyl groups is 1. The van der Waals surface area contributed by atoms with E-state index in [2.05, 4.69) is 20.8 Å². The molecule has 0 aliphatic carbocycles. The zero-order chi connectivity index (χ0) is 13.3. The Labute approximate surface area is 121 Å². The second-order valence-corrected chi connectivity index (χ2v) is 6.12. The monoisotopic (exact) mass is 328 g/mol. The van der Waals surface area contributed by atoms with Crippen LogP contribution < -0.4 is 10.6 Å². The van der Waals surface area contributed by atoms with E-state index in [0.29, 0.717) is 10.9 Å². The highest BCUT2D eigenvalue weighted by molar-refractivity contribution is 9.10. The molecule has 2 atom stereocenters. The van der Waals surface area contributed by atoms with Gasteiger partial charge in [0, 0.05) is 34.7 Å². The van der Waals surface area contributed by atoms with Crippen molar-refractivity contribution in [3.63, 3.8) is 0 Å². The van der Waals surface area contributed by atoms with E-state index >= 15 is 0 Å². The molecule has 5 heteroatoms. The molecule has 1 aromatic rings. The summed E-state index contributed by atoms with van der Waals surface area (Å²) in [6.45, 7) is 3.63. The third kappa shape index (κ3) is 2.84. The van der Waals surface area contributed by atoms with Crippen LogP contribution in [0, 0.1) is 5.92 Å². The van der Waals surface area contributed by atoms with Gasteiger partial charge in [-0.2, -0.15) is 0 Å². The van der Waals surface area contributed by atoms with Gasteiger partial charge < -0.3 is 15.7 Å². The Kier molecular flexibility index (Phi) is 4.25. The molecule has 1 saturated heterocycles. The first-order valence-corrected chi connectivity index (χ1v) is 7.21. The lowest BCUT2D eigenvalue weighted by atomic mass is 10.0. The van der Waals surface area contributed by atoms with Crippen LogP contribution in [0.4, 0.5) is 5.69 Å². The van der Waals surface area contributed by atoms with Crippen LogP contribution in [-0.4, -0.2) is 29.3 Å². The molecule has 0 radical (unpaired) electrons. The van der Waals surface area contributed by atoms with Gasteiger partial charge in [0.05, 0.1) is 6.10 Å². The minimum Gasteiger partial charge on any atom is -0.393 e. The minimum atomic E-state index is -0.268. The first kappa shape index (κ1) is 13.8. The molecule has 0 amide bonds. The van der Waals surface area contributed by atoms with Crippen LogP contribution in [0.1, 0.15) is 18.9 Å². The Morgan fingerprint density at radius 1 is 1.61 bits per heavy atom. The van der Waals surface area contributed by atoms with Crippen LogP contribution in [0.3, 0.4) is 0 Å². The second kappa shape index (κ2) is 5.55. The van der Waals surface area contributed by atoms with Gasteiger partial charge in [-0.05, 0) is 31.5 Å². The average molecular weight is 329 g/mol. The summed E-state index contributed by atoms with van der Waals surface area (Å²) in [6, 6.07) is 5.93. The van der Waals surface area contributed by atoms with Crippen molar-refractivity contribution >= 4 is 38.8 Å². The minimum absolute atomic E-state index is 0.268. The number of rotatable bonds is 3. The summed E-state index contributed by atoms with van der Waals surface area (Å²) >= 11 is 8.57. The van der Waals surface area contributed by atoms with Gasteiger partial charge >= 0.3 is 0 Å². The molecular formula is C13H17BrN2OS. The number of nitrogens with two attached hydrogens (primary N) is 1. The highest BCUT2D eigenvalue weighted by atomic mass is 79.9. The maximum absolute atomic E-state index is 9.66. The molecule has 18 heavy (non-hydrogen) atoms. The summed E-state index contributed by atoms with van der Waals surface area (Å²) in [5, 5.41) is 9.66. The van der Waals surface area contributed by atoms with E-state index in [0.717, 1.165) is 35.2 Å². The Bertz CT molecular complexity index is 464. The predicted molar refractivity (Wildman–Crippen MR) is 82.0 cm³/mol. The average Bonchev–Trinajstić information content (AvgIpc) is 2.77. The standard InChI is InChI=1S/C13H17BrN2OS/c1-8(17)9-4-5-16(7-9)12-6-10(14)2-3-11(12)13(15)18/h2-3,6,8-9,17H,4-5,7H2,1H3,(H2,15,18). The molecular weight excluding hydrogens is 312 g/mol. The highest BCUT2D eigenvalue weighted by Gasteiger charge is 2.27. The summed E-state index contributed by atoms with van der Waals surface area (Å²) in [4.78, 5) is 2.66. The predicted octanol–water partition coefficient (Wildman–Crippen LogP) is 2.29. The van der Waals surface area contributed by atoms with Crippen molar-refractivity contribution < 1.29 is 5.11 Å². The molecule has 1 heterocycles. The molecule has 0 saturated carbocycles. The van der Waals surface area contributed by atoms with Crippen LogP contribution in [0.5, 0.6) is 0 Å². The zero-order valence-electron chi connectivity index (χ0n) is 10.3. The maximum atomic E-state index is 9.66. The second-order valence-electron chi connectivity index (χ2n) is 4.76. The molecule has 1 aliphatic rings. The Morgan fingerprint density at radius 2 is 2.33 bits per heavy atom. The molecule has 1 fully saturated rings. The van der Waals surface area contributed by atoms with E-state index in [-0.39, 0.29) is 6.10 Å². The van der Waals surface area contributed by atoms with Crippen molar-refractivity contribution in [2.45, 2.75) is 19.4 Å². The van der Waals surface area contributed by atoms with Gasteiger partial charge in [0.2, 0.25) is 0 Å². The fourth-order valence-corrected chi connectivity index (χ4v) is 2.90. The molecule has 3 N–H and O–H groups in total. The van der Waals surface area contributed by atoms with Crippen LogP contribution in [-0.2, 0) is 0 Å². The van der Waals surface area contributed by atoms with Crippen LogP contribution in [0.2, 0.25) is 0 Å². The van der Waals surface area contributed by atoms with Crippen LogP contribution >= 0.6 is 28.1 Å². The van der Waals surface area contributed by atoms with Crippen molar-refractivity contribution in [3.05, 3.63) is 28.2 Å². The van der Waals surface area contributed by atoms with Gasteiger partial charge in [0.1, 0.15) is 4.99 Å². The molecule has 1 aromatic carbocycles. The SMILES string of the molecule is CC(O)C1CCN(c2cc(Br)ccc2C(N)=S)C1. The molecule has 2 rings (SSSR count). The molecule has 3 nitrogen and oxygen atoms in total. The van der Waals surface area contributed by atoms with Gasteiger partial charge in [-0.3, -0.25) is 0 Å². The van der Waals surface area contributed by atoms with Crippen molar-refractivity contribution in [1.82, 2.24) is 0 Å². The lowest BCUT2D eigenvalue weighted by Crippen LogP contribution is -2.26. The molecule has 1 aliphatic heterocycles. The number of hydrogen-bond donors (Lipinski definition) is 2. The molecule has 0 bridgehead atoms. The largest absolute Gasteiger partial charge is 0.393 e. The molecule has 0 spiro atoms. The van der Waals surface area contributed by atoms with Crippen molar-refractivity contribution in [2.24, 2.45) is 11.7 Å². The zero-order valence-corrected chi connectivity index (χ0v) is 12.7. The first-order valence-electron chi connectivity index (χ1n) is 6.01. The van der Waals surface area contributed by atoms with Crippen LogP contribution in [0.25, 0.3) is 0 Å². The van der Waals surface area contributed by atoms with E-state index in [1.165, 1.54) is 0 Å². The topological polar surface area (TPSA) is 49.5 Å². The van der Waals surface area contributed by atoms with E-state index in [1.807, 2.05) is 25.1 Å². The Hall–Kier alpha value is -0.650. The summed E-state index contributed by atoms with van der Waals surface area (Å²) < 4.78 is 1.01. The molecule has 0 aromatic heterocycles. The highest BCUT2D eigenvalue weighted by Crippen LogP contribution is 2.30. The van der Waals surface area contributed by atoms with Gasteiger partial charge in [-0.1, -0.05) is 28.1 Å². The third-order valence-corrected chi connectivity index (χ3v) is 4.19. The molecule has 98 valence electrons. The quantitative estimate of drug-likeness (QED) is 0.836. The summed E-state index contributed by atoms with van der Waals surface area (Å²) in [5.41, 5.74) is 7.72. The van der Waals surface area contributed by atoms with E-state index < -0.39 is 0 Å². The Morgan fingerprint density at radius 3 is 2.89 bits per heavy atom. The van der Waals surface area contributed by atoms with Crippen molar-refractivity contribution in [2.75, 3.05) is 18.0 Å².